The Bertz CT molecular complexity index is 15.6. The molecule has 0 bridgehead atoms. The van der Waals surface area contributed by atoms with Crippen molar-refractivity contribution in [1.29, 1.82) is 0 Å². The molecule has 1 nitrogen and oxygen atoms in total. The minimum absolute atomic E-state index is 0. The van der Waals surface area contributed by atoms with E-state index >= 15 is 0 Å². The van der Waals surface area contributed by atoms with Gasteiger partial charge in [-0.25, -0.2) is 0 Å². The predicted molar refractivity (Wildman–Crippen MR) is 27.4 cm³/mol. The van der Waals surface area contributed by atoms with Crippen molar-refractivity contribution in [3.05, 3.63) is 14.4 Å². The third-order valence-electron chi connectivity index (χ3n) is 0.354. The van der Waals surface area contributed by atoms with Crippen LogP contribution in [0.4, 0.5) is 0 Å². The maximum atomic E-state index is 8.34. The Balaban J connectivity index is -0.0000000480. The van der Waals surface area contributed by atoms with E-state index in [0.29, 0.717) is 24.7 Å². The van der Waals surface area contributed by atoms with Crippen molar-refractivity contribution < 1.29 is 27.5 Å². The Labute approximate surface area is 61.8 Å². The van der Waals surface area contributed by atoms with E-state index < -0.39 is 0 Å². The molecule has 0 saturated heterocycles. The monoisotopic (exact) mass is 178 g/mol. The molecule has 2 heteroatoms. The second-order valence-electron chi connectivity index (χ2n) is 0.854. The van der Waals surface area contributed by atoms with Crippen molar-refractivity contribution in [2.45, 2.75) is 19.8 Å². The molecule has 0 rings (SSSR count). The first kappa shape index (κ1) is 15.6. The van der Waals surface area contributed by atoms with Crippen molar-refractivity contribution in [3.8, 4) is 0 Å². The molecule has 0 radical (unpaired) electrons. The van der Waals surface area contributed by atoms with Gasteiger partial charge < -0.3 is 14.4 Å². The summed E-state index contributed by atoms with van der Waals surface area (Å²) in [6.45, 7) is 5.72. The van der Waals surface area contributed by atoms with Crippen LogP contribution >= 0.6 is 0 Å². The van der Waals surface area contributed by atoms with Crippen LogP contribution in [0, 0.1) is 14.4 Å². The molecule has 0 fully saturated rings. The van der Waals surface area contributed by atoms with Gasteiger partial charge in [-0.2, -0.15) is 6.42 Å². The average Bonchev–Trinajstić information content (AvgIpc) is 1.72. The molecule has 0 aromatic rings. The number of hydrogen-bond donors (Lipinski definition) is 0. The molecule has 0 unspecified atom stereocenters. The van der Waals surface area contributed by atoms with E-state index in [1.807, 2.05) is 0 Å². The average molecular weight is 179 g/mol. The van der Waals surface area contributed by atoms with Crippen molar-refractivity contribution in [1.82, 2.24) is 0 Å². The fraction of sp³-hybridized carbons (Fsp3) is 0.600. The maximum absolute atomic E-state index is 8.34. The van der Waals surface area contributed by atoms with Gasteiger partial charge in [0, 0.05) is 0 Å². The van der Waals surface area contributed by atoms with Gasteiger partial charge in [0.15, 0.2) is 0 Å². The molecule has 42 valence electrons. The van der Waals surface area contributed by atoms with Crippen molar-refractivity contribution in [2.75, 3.05) is 0 Å². The third-order valence-corrected chi connectivity index (χ3v) is 0.354. The second-order valence-corrected chi connectivity index (χ2v) is 0.854. The quantitative estimate of drug-likeness (QED) is 0.562. The van der Waals surface area contributed by atoms with E-state index in [1.54, 1.807) is 0 Å². The van der Waals surface area contributed by atoms with Crippen LogP contribution in [-0.2, 0) is 27.5 Å². The Kier molecular flexibility index (Phi) is 67.0. The summed E-state index contributed by atoms with van der Waals surface area (Å²) in [4.78, 5) is 0. The molecule has 0 atom stereocenters. The molecule has 0 aliphatic carbocycles. The standard InChI is InChI=1S/C4H9.CH3.O.Zr/c1-3-4-2;;;/h1,3-4H2,2H3;1H3;;/q2*-1;;+2. The summed E-state index contributed by atoms with van der Waals surface area (Å²) in [5.41, 5.74) is 0. The summed E-state index contributed by atoms with van der Waals surface area (Å²) < 4.78 is 8.34. The van der Waals surface area contributed by atoms with Crippen LogP contribution in [0.1, 0.15) is 19.8 Å². The van der Waals surface area contributed by atoms with Gasteiger partial charge in [-0.15, -0.1) is 0 Å². The van der Waals surface area contributed by atoms with Gasteiger partial charge >= 0.3 is 27.5 Å². The van der Waals surface area contributed by atoms with Crippen LogP contribution in [0.3, 0.4) is 0 Å². The Morgan fingerprint density at radius 3 is 1.71 bits per heavy atom. The normalized spacial score (nSPS) is 5.14. The van der Waals surface area contributed by atoms with Gasteiger partial charge in [0.25, 0.3) is 0 Å². The molecule has 0 saturated carbocycles. The summed E-state index contributed by atoms with van der Waals surface area (Å²) in [7, 11) is 0. The summed E-state index contributed by atoms with van der Waals surface area (Å²) in [5, 5.41) is 0. The first-order valence-electron chi connectivity index (χ1n) is 1.91. The zero-order valence-electron chi connectivity index (χ0n) is 5.03. The molecule has 0 N–H and O–H groups in total. The fourth-order valence-corrected chi connectivity index (χ4v) is 0. The molecule has 0 spiro atoms. The Morgan fingerprint density at radius 2 is 1.71 bits per heavy atom. The van der Waals surface area contributed by atoms with E-state index in [2.05, 4.69) is 13.8 Å². The van der Waals surface area contributed by atoms with Gasteiger partial charge in [-0.05, 0) is 0 Å². The molecule has 7 heavy (non-hydrogen) atoms. The zero-order chi connectivity index (χ0) is 5.41. The third kappa shape index (κ3) is 51.7. The number of rotatable bonds is 1. The van der Waals surface area contributed by atoms with E-state index in [-0.39, 0.29) is 7.43 Å². The van der Waals surface area contributed by atoms with Crippen LogP contribution in [0.2, 0.25) is 0 Å². The predicted octanol–water partition coefficient (Wildman–Crippen LogP) is 1.95. The zero-order valence-corrected chi connectivity index (χ0v) is 7.49. The van der Waals surface area contributed by atoms with Gasteiger partial charge in [-0.1, -0.05) is 13.3 Å². The van der Waals surface area contributed by atoms with Crippen LogP contribution in [-0.4, -0.2) is 0 Å². The summed E-state index contributed by atoms with van der Waals surface area (Å²) in [6, 6.07) is 0. The summed E-state index contributed by atoms with van der Waals surface area (Å²) >= 11 is 0.300. The van der Waals surface area contributed by atoms with E-state index in [4.69, 9.17) is 2.81 Å². The number of unbranched alkanes of at least 4 members (excludes halogenated alkanes) is 1. The van der Waals surface area contributed by atoms with Crippen molar-refractivity contribution >= 4 is 0 Å². The van der Waals surface area contributed by atoms with Crippen LogP contribution in [0.25, 0.3) is 0 Å². The Hall–Kier alpha value is 0.683. The van der Waals surface area contributed by atoms with Gasteiger partial charge in [-0.3, -0.25) is 0 Å². The van der Waals surface area contributed by atoms with Gasteiger partial charge in [0.05, 0.1) is 0 Å². The molecule has 0 aromatic heterocycles. The van der Waals surface area contributed by atoms with Gasteiger partial charge in [0.2, 0.25) is 0 Å². The van der Waals surface area contributed by atoms with E-state index in [9.17, 15) is 0 Å². The molecule has 0 aliphatic heterocycles. The van der Waals surface area contributed by atoms with Crippen LogP contribution < -0.4 is 0 Å². The van der Waals surface area contributed by atoms with Gasteiger partial charge in [0.1, 0.15) is 0 Å². The second kappa shape index (κ2) is 30.0. The number of hydrogen-bond acceptors (Lipinski definition) is 1. The molecule has 0 aliphatic rings. The van der Waals surface area contributed by atoms with Crippen molar-refractivity contribution in [3.63, 3.8) is 0 Å². The Morgan fingerprint density at radius 1 is 1.57 bits per heavy atom. The fourth-order valence-electron chi connectivity index (χ4n) is 0. The topological polar surface area (TPSA) is 17.1 Å². The van der Waals surface area contributed by atoms with Crippen molar-refractivity contribution in [2.24, 2.45) is 0 Å². The molecule has 0 aromatic carbocycles. The van der Waals surface area contributed by atoms with E-state index in [0.717, 1.165) is 6.42 Å². The molecule has 0 heterocycles. The molecular weight excluding hydrogens is 167 g/mol. The molecule has 0 amide bonds. The van der Waals surface area contributed by atoms with E-state index in [1.165, 1.54) is 6.42 Å². The summed E-state index contributed by atoms with van der Waals surface area (Å²) in [6.07, 6.45) is 2.28. The minimum atomic E-state index is 0. The molecular formula is C5H12OZr. The first-order chi connectivity index (χ1) is 2.91. The van der Waals surface area contributed by atoms with Crippen LogP contribution in [0.15, 0.2) is 0 Å². The SMILES string of the molecule is [CH2-]CCC.[CH3-].[O]=[Zr+2]. The first-order valence-corrected chi connectivity index (χ1v) is 2.91. The van der Waals surface area contributed by atoms with Crippen LogP contribution in [0.5, 0.6) is 0 Å². The summed E-state index contributed by atoms with van der Waals surface area (Å²) in [5.74, 6) is 0.